The maximum Gasteiger partial charge on any atom is 0.573 e. The zero-order chi connectivity index (χ0) is 19.9. The number of fused-ring (bicyclic) bond motifs is 1. The monoisotopic (exact) mass is 389 g/mol. The third kappa shape index (κ3) is 3.34. The molecule has 2 aromatic heterocycles. The first-order chi connectivity index (χ1) is 13.3. The van der Waals surface area contributed by atoms with Gasteiger partial charge in [-0.1, -0.05) is 12.1 Å². The van der Waals surface area contributed by atoms with Crippen LogP contribution in [0.3, 0.4) is 0 Å². The smallest absolute Gasteiger partial charge is 0.406 e. The van der Waals surface area contributed by atoms with Crippen molar-refractivity contribution in [3.8, 4) is 22.6 Å². The first-order valence-electron chi connectivity index (χ1n) is 8.03. The molecule has 5 nitrogen and oxygen atoms in total. The fourth-order valence-corrected chi connectivity index (χ4v) is 2.87. The molecule has 142 valence electrons. The first kappa shape index (κ1) is 17.8. The minimum absolute atomic E-state index is 0.220. The number of aromatic amines is 1. The zero-order valence-corrected chi connectivity index (χ0v) is 14.0. The van der Waals surface area contributed by atoms with Crippen LogP contribution < -0.4 is 10.3 Å². The highest BCUT2D eigenvalue weighted by atomic mass is 19.4. The molecule has 0 radical (unpaired) electrons. The summed E-state index contributed by atoms with van der Waals surface area (Å²) in [6.45, 7) is 0. The number of hydrogen-bond acceptors (Lipinski definition) is 3. The van der Waals surface area contributed by atoms with E-state index < -0.39 is 23.5 Å². The number of ether oxygens (including phenoxy) is 1. The summed E-state index contributed by atoms with van der Waals surface area (Å²) in [5, 5.41) is 0. The number of hydrogen-bond donors (Lipinski definition) is 1. The quantitative estimate of drug-likeness (QED) is 0.528. The van der Waals surface area contributed by atoms with Crippen LogP contribution in [0.15, 0.2) is 65.8 Å². The van der Waals surface area contributed by atoms with Crippen LogP contribution in [-0.2, 0) is 0 Å². The van der Waals surface area contributed by atoms with E-state index in [2.05, 4.69) is 14.7 Å². The molecule has 0 aliphatic carbocycles. The largest absolute Gasteiger partial charge is 0.573 e. The van der Waals surface area contributed by atoms with Crippen LogP contribution >= 0.6 is 0 Å². The maximum absolute atomic E-state index is 13.3. The average Bonchev–Trinajstić information content (AvgIpc) is 3.13. The van der Waals surface area contributed by atoms with Gasteiger partial charge in [-0.25, -0.2) is 9.37 Å². The Bertz CT molecular complexity index is 1190. The van der Waals surface area contributed by atoms with Crippen LogP contribution in [0.1, 0.15) is 0 Å². The van der Waals surface area contributed by atoms with Gasteiger partial charge in [0, 0.05) is 17.4 Å². The van der Waals surface area contributed by atoms with Gasteiger partial charge in [-0.05, 0) is 42.0 Å². The van der Waals surface area contributed by atoms with E-state index in [0.29, 0.717) is 22.3 Å². The van der Waals surface area contributed by atoms with E-state index in [1.807, 2.05) is 0 Å². The molecular weight excluding hydrogens is 378 g/mol. The van der Waals surface area contributed by atoms with E-state index in [-0.39, 0.29) is 5.52 Å². The molecular formula is C19H11F4N3O2. The number of benzene rings is 2. The van der Waals surface area contributed by atoms with Crippen molar-refractivity contribution in [3.63, 3.8) is 0 Å². The number of pyridine rings is 1. The third-order valence-corrected chi connectivity index (χ3v) is 4.09. The van der Waals surface area contributed by atoms with Gasteiger partial charge in [0.15, 0.2) is 0 Å². The molecule has 0 aliphatic heterocycles. The minimum Gasteiger partial charge on any atom is -0.406 e. The molecule has 9 heteroatoms. The highest BCUT2D eigenvalue weighted by Gasteiger charge is 2.31. The van der Waals surface area contributed by atoms with E-state index in [1.54, 1.807) is 12.1 Å². The number of nitrogens with zero attached hydrogens (tertiary/aromatic N) is 2. The second-order valence-electron chi connectivity index (χ2n) is 5.89. The summed E-state index contributed by atoms with van der Waals surface area (Å²) in [5.41, 5.74) is 1.72. The van der Waals surface area contributed by atoms with Crippen LogP contribution in [0.25, 0.3) is 27.8 Å². The average molecular weight is 389 g/mol. The summed E-state index contributed by atoms with van der Waals surface area (Å²) in [6, 6.07) is 10.6. The number of H-pyrrole nitrogens is 1. The van der Waals surface area contributed by atoms with Crippen molar-refractivity contribution in [2.75, 3.05) is 0 Å². The predicted octanol–water partition coefficient (Wildman–Crippen LogP) is 4.42. The van der Waals surface area contributed by atoms with E-state index >= 15 is 0 Å². The van der Waals surface area contributed by atoms with E-state index in [4.69, 9.17) is 0 Å². The van der Waals surface area contributed by atoms with E-state index in [9.17, 15) is 22.4 Å². The lowest BCUT2D eigenvalue weighted by Crippen LogP contribution is -2.19. The summed E-state index contributed by atoms with van der Waals surface area (Å²) >= 11 is 0. The molecule has 0 amide bonds. The lowest BCUT2D eigenvalue weighted by molar-refractivity contribution is -0.274. The second-order valence-corrected chi connectivity index (χ2v) is 5.89. The van der Waals surface area contributed by atoms with Gasteiger partial charge in [0.05, 0.1) is 6.33 Å². The Morgan fingerprint density at radius 2 is 1.68 bits per heavy atom. The van der Waals surface area contributed by atoms with Gasteiger partial charge in [-0.15, -0.1) is 13.2 Å². The Balaban J connectivity index is 1.85. The summed E-state index contributed by atoms with van der Waals surface area (Å²) < 4.78 is 55.3. The molecule has 0 aliphatic rings. The Morgan fingerprint density at radius 3 is 2.32 bits per heavy atom. The summed E-state index contributed by atoms with van der Waals surface area (Å²) in [5.74, 6) is -0.804. The van der Waals surface area contributed by atoms with Gasteiger partial charge < -0.3 is 9.72 Å². The Kier molecular flexibility index (Phi) is 4.14. The molecule has 0 fully saturated rings. The molecule has 4 rings (SSSR count). The standard InChI is InChI=1S/C19H11F4N3O2/c20-12-3-1-11(2-4-12)15-9-26(18(27)17-16(15)24-10-25-17)13-5-7-14(8-6-13)28-19(21,22)23/h1-10H,(H,24,25). The first-order valence-corrected chi connectivity index (χ1v) is 8.03. The molecule has 0 spiro atoms. The molecule has 0 saturated heterocycles. The fraction of sp³-hybridized carbons (Fsp3) is 0.0526. The van der Waals surface area contributed by atoms with Gasteiger partial charge in [0.2, 0.25) is 0 Å². The lowest BCUT2D eigenvalue weighted by atomic mass is 10.1. The third-order valence-electron chi connectivity index (χ3n) is 4.09. The molecule has 28 heavy (non-hydrogen) atoms. The van der Waals surface area contributed by atoms with Crippen LogP contribution in [0.2, 0.25) is 0 Å². The summed E-state index contributed by atoms with van der Waals surface area (Å²) in [4.78, 5) is 19.7. The number of halogens is 4. The van der Waals surface area contributed by atoms with Gasteiger partial charge in [-0.3, -0.25) is 9.36 Å². The van der Waals surface area contributed by atoms with Crippen molar-refractivity contribution < 1.29 is 22.3 Å². The number of alkyl halides is 3. The van der Waals surface area contributed by atoms with Gasteiger partial charge in [0.25, 0.3) is 5.56 Å². The number of imidazole rings is 1. The molecule has 0 saturated carbocycles. The Morgan fingerprint density at radius 1 is 1.00 bits per heavy atom. The number of rotatable bonds is 3. The van der Waals surface area contributed by atoms with Crippen molar-refractivity contribution >= 4 is 11.0 Å². The predicted molar refractivity (Wildman–Crippen MR) is 93.8 cm³/mol. The SMILES string of the molecule is O=c1c2[nH]cnc2c(-c2ccc(F)cc2)cn1-c1ccc(OC(F)(F)F)cc1. The number of aromatic nitrogens is 3. The molecule has 1 N–H and O–H groups in total. The normalized spacial score (nSPS) is 11.7. The van der Waals surface area contributed by atoms with Crippen molar-refractivity contribution in [1.82, 2.24) is 14.5 Å². The van der Waals surface area contributed by atoms with Crippen molar-refractivity contribution in [2.45, 2.75) is 6.36 Å². The van der Waals surface area contributed by atoms with Crippen LogP contribution in [0, 0.1) is 5.82 Å². The molecule has 0 unspecified atom stereocenters. The van der Waals surface area contributed by atoms with Gasteiger partial charge in [0.1, 0.15) is 22.6 Å². The van der Waals surface area contributed by atoms with Crippen molar-refractivity contribution in [3.05, 3.63) is 77.2 Å². The lowest BCUT2D eigenvalue weighted by Gasteiger charge is -2.12. The highest BCUT2D eigenvalue weighted by molar-refractivity contribution is 5.91. The van der Waals surface area contributed by atoms with Gasteiger partial charge >= 0.3 is 6.36 Å². The molecule has 2 heterocycles. The van der Waals surface area contributed by atoms with Crippen LogP contribution in [-0.4, -0.2) is 20.9 Å². The Labute approximate surface area is 154 Å². The highest BCUT2D eigenvalue weighted by Crippen LogP contribution is 2.27. The van der Waals surface area contributed by atoms with Gasteiger partial charge in [-0.2, -0.15) is 0 Å². The molecule has 4 aromatic rings. The van der Waals surface area contributed by atoms with E-state index in [0.717, 1.165) is 12.1 Å². The minimum atomic E-state index is -4.80. The zero-order valence-electron chi connectivity index (χ0n) is 14.0. The van der Waals surface area contributed by atoms with Crippen molar-refractivity contribution in [2.24, 2.45) is 0 Å². The Hall–Kier alpha value is -3.62. The number of nitrogens with one attached hydrogen (secondary N) is 1. The van der Waals surface area contributed by atoms with Crippen LogP contribution in [0.5, 0.6) is 5.75 Å². The van der Waals surface area contributed by atoms with Crippen molar-refractivity contribution in [1.29, 1.82) is 0 Å². The van der Waals surface area contributed by atoms with E-state index in [1.165, 1.54) is 41.4 Å². The molecule has 0 atom stereocenters. The fourth-order valence-electron chi connectivity index (χ4n) is 2.87. The summed E-state index contributed by atoms with van der Waals surface area (Å²) in [7, 11) is 0. The molecule has 2 aromatic carbocycles. The van der Waals surface area contributed by atoms with Crippen LogP contribution in [0.4, 0.5) is 17.6 Å². The topological polar surface area (TPSA) is 59.9 Å². The second kappa shape index (κ2) is 6.52. The molecule has 0 bridgehead atoms. The maximum atomic E-state index is 13.3. The summed E-state index contributed by atoms with van der Waals surface area (Å²) in [6.07, 6.45) is -1.93.